The number of fused-ring (bicyclic) bond motifs is 1. The molecule has 0 bridgehead atoms. The molecule has 140 valence electrons. The number of ketones is 1. The van der Waals surface area contributed by atoms with Gasteiger partial charge in [-0.15, -0.1) is 0 Å². The monoisotopic (exact) mass is 383 g/mol. The fraction of sp³-hybridized carbons (Fsp3) is 0.238. The fourth-order valence-corrected chi connectivity index (χ4v) is 3.90. The molecule has 1 aliphatic heterocycles. The molecular formula is C21H21NO4S. The molecule has 3 rings (SSSR count). The Morgan fingerprint density at radius 2 is 1.85 bits per heavy atom. The van der Waals surface area contributed by atoms with Crippen LogP contribution in [0.1, 0.15) is 22.8 Å². The number of carbonyl (C=O) groups is 2. The predicted octanol–water partition coefficient (Wildman–Crippen LogP) is 3.92. The highest BCUT2D eigenvalue weighted by molar-refractivity contribution is 8.04. The number of hydrogen-bond acceptors (Lipinski definition) is 5. The molecule has 1 aliphatic rings. The minimum Gasteiger partial charge on any atom is -0.493 e. The number of carbonyl (C=O) groups excluding carboxylic acids is 2. The number of methoxy groups -OCH3 is 2. The van der Waals surface area contributed by atoms with Crippen molar-refractivity contribution in [3.8, 4) is 11.5 Å². The SMILES string of the molecule is COc1ccc(CCN(C=C2Sc3ccccc3C2=O)C(C)=O)cc1OC. The van der Waals surface area contributed by atoms with Gasteiger partial charge in [0.25, 0.3) is 0 Å². The smallest absolute Gasteiger partial charge is 0.223 e. The molecule has 0 fully saturated rings. The van der Waals surface area contributed by atoms with E-state index in [1.165, 1.54) is 18.7 Å². The number of benzene rings is 2. The predicted molar refractivity (Wildman–Crippen MR) is 105 cm³/mol. The zero-order valence-corrected chi connectivity index (χ0v) is 16.3. The van der Waals surface area contributed by atoms with Crippen LogP contribution >= 0.6 is 11.8 Å². The van der Waals surface area contributed by atoms with Crippen LogP contribution in [0.15, 0.2) is 58.5 Å². The molecule has 0 radical (unpaired) electrons. The van der Waals surface area contributed by atoms with E-state index in [4.69, 9.17) is 9.47 Å². The molecule has 5 nitrogen and oxygen atoms in total. The molecule has 0 atom stereocenters. The quantitative estimate of drug-likeness (QED) is 0.708. The minimum atomic E-state index is -0.104. The van der Waals surface area contributed by atoms with Crippen LogP contribution in [-0.4, -0.2) is 37.4 Å². The van der Waals surface area contributed by atoms with Gasteiger partial charge in [-0.25, -0.2) is 0 Å². The van der Waals surface area contributed by atoms with Gasteiger partial charge >= 0.3 is 0 Å². The summed E-state index contributed by atoms with van der Waals surface area (Å²) in [5, 5.41) is 0. The Hall–Kier alpha value is -2.73. The normalized spacial score (nSPS) is 14.2. The summed E-state index contributed by atoms with van der Waals surface area (Å²) in [5.74, 6) is 1.18. The summed E-state index contributed by atoms with van der Waals surface area (Å²) in [6.45, 7) is 1.97. The van der Waals surface area contributed by atoms with E-state index in [9.17, 15) is 9.59 Å². The number of amides is 1. The molecule has 1 amide bonds. The lowest BCUT2D eigenvalue weighted by Crippen LogP contribution is -2.26. The van der Waals surface area contributed by atoms with Crippen LogP contribution in [0.4, 0.5) is 0 Å². The Morgan fingerprint density at radius 1 is 1.11 bits per heavy atom. The van der Waals surface area contributed by atoms with E-state index in [2.05, 4.69) is 0 Å². The minimum absolute atomic E-state index is 0.0343. The molecule has 27 heavy (non-hydrogen) atoms. The molecule has 0 aliphatic carbocycles. The number of ether oxygens (including phenoxy) is 2. The lowest BCUT2D eigenvalue weighted by Gasteiger charge is -2.17. The van der Waals surface area contributed by atoms with Crippen molar-refractivity contribution in [1.82, 2.24) is 4.90 Å². The van der Waals surface area contributed by atoms with Crippen LogP contribution in [0.25, 0.3) is 0 Å². The summed E-state index contributed by atoms with van der Waals surface area (Å²) >= 11 is 1.40. The van der Waals surface area contributed by atoms with Gasteiger partial charge in [0.05, 0.1) is 19.1 Å². The number of thioether (sulfide) groups is 1. The van der Waals surface area contributed by atoms with Gasteiger partial charge in [0.2, 0.25) is 11.7 Å². The highest BCUT2D eigenvalue weighted by Gasteiger charge is 2.26. The van der Waals surface area contributed by atoms with Crippen LogP contribution < -0.4 is 9.47 Å². The van der Waals surface area contributed by atoms with Crippen molar-refractivity contribution in [1.29, 1.82) is 0 Å². The summed E-state index contributed by atoms with van der Waals surface area (Å²) < 4.78 is 10.6. The zero-order valence-electron chi connectivity index (χ0n) is 15.5. The lowest BCUT2D eigenvalue weighted by atomic mass is 10.1. The van der Waals surface area contributed by atoms with Crippen molar-refractivity contribution >= 4 is 23.5 Å². The van der Waals surface area contributed by atoms with Crippen LogP contribution in [0.2, 0.25) is 0 Å². The maximum atomic E-state index is 12.5. The molecule has 0 N–H and O–H groups in total. The summed E-state index contributed by atoms with van der Waals surface area (Å²) in [7, 11) is 3.18. The largest absolute Gasteiger partial charge is 0.493 e. The summed E-state index contributed by atoms with van der Waals surface area (Å²) in [4.78, 5) is 27.7. The molecule has 0 saturated heterocycles. The Kier molecular flexibility index (Phi) is 5.86. The number of rotatable bonds is 6. The number of Topliss-reactive ketones (excluding diaryl/α,β-unsaturated/α-hetero) is 1. The molecule has 0 spiro atoms. The van der Waals surface area contributed by atoms with Crippen molar-refractivity contribution in [3.05, 3.63) is 64.7 Å². The molecule has 2 aromatic rings. The Balaban J connectivity index is 1.74. The van der Waals surface area contributed by atoms with Gasteiger partial charge in [-0.2, -0.15) is 0 Å². The summed E-state index contributed by atoms with van der Waals surface area (Å²) in [5.41, 5.74) is 1.71. The van der Waals surface area contributed by atoms with Gasteiger partial charge in [0.1, 0.15) is 0 Å². The third-order valence-corrected chi connectivity index (χ3v) is 5.43. The summed E-state index contributed by atoms with van der Waals surface area (Å²) in [6.07, 6.45) is 2.30. The van der Waals surface area contributed by atoms with Crippen LogP contribution in [0, 0.1) is 0 Å². The number of hydrogen-bond donors (Lipinski definition) is 0. The average Bonchev–Trinajstić information content (AvgIpc) is 3.00. The van der Waals surface area contributed by atoms with E-state index in [1.807, 2.05) is 42.5 Å². The van der Waals surface area contributed by atoms with Gasteiger partial charge < -0.3 is 14.4 Å². The number of allylic oxidation sites excluding steroid dienone is 1. The standard InChI is InChI=1S/C21H21NO4S/c1-14(23)22(11-10-15-8-9-17(25-2)18(12-15)26-3)13-20-21(24)16-6-4-5-7-19(16)27-20/h4-9,12-13H,10-11H2,1-3H3. The fourth-order valence-electron chi connectivity index (χ4n) is 2.87. The van der Waals surface area contributed by atoms with E-state index < -0.39 is 0 Å². The highest BCUT2D eigenvalue weighted by atomic mass is 32.2. The topological polar surface area (TPSA) is 55.8 Å². The second-order valence-corrected chi connectivity index (χ2v) is 7.16. The van der Waals surface area contributed by atoms with E-state index in [0.717, 1.165) is 10.5 Å². The first-order valence-electron chi connectivity index (χ1n) is 8.55. The Bertz CT molecular complexity index is 907. The molecule has 2 aromatic carbocycles. The molecule has 0 aromatic heterocycles. The van der Waals surface area contributed by atoms with Gasteiger partial charge in [-0.3, -0.25) is 9.59 Å². The van der Waals surface area contributed by atoms with Crippen LogP contribution in [0.3, 0.4) is 0 Å². The molecular weight excluding hydrogens is 362 g/mol. The molecule has 1 heterocycles. The third kappa shape index (κ3) is 4.17. The first kappa shape index (κ1) is 19.0. The molecule has 0 saturated carbocycles. The van der Waals surface area contributed by atoms with E-state index in [1.54, 1.807) is 25.3 Å². The second kappa shape index (κ2) is 8.31. The first-order valence-corrected chi connectivity index (χ1v) is 9.36. The van der Waals surface area contributed by atoms with Crippen LogP contribution in [-0.2, 0) is 11.2 Å². The van der Waals surface area contributed by atoms with Crippen molar-refractivity contribution in [2.45, 2.75) is 18.2 Å². The van der Waals surface area contributed by atoms with Gasteiger partial charge in [-0.1, -0.05) is 30.0 Å². The maximum absolute atomic E-state index is 12.5. The third-order valence-electron chi connectivity index (χ3n) is 4.34. The van der Waals surface area contributed by atoms with Crippen molar-refractivity contribution in [2.24, 2.45) is 0 Å². The van der Waals surface area contributed by atoms with E-state index >= 15 is 0 Å². The Morgan fingerprint density at radius 3 is 2.52 bits per heavy atom. The van der Waals surface area contributed by atoms with Gasteiger partial charge in [-0.05, 0) is 36.2 Å². The average molecular weight is 383 g/mol. The van der Waals surface area contributed by atoms with Crippen molar-refractivity contribution in [2.75, 3.05) is 20.8 Å². The molecule has 0 unspecified atom stereocenters. The van der Waals surface area contributed by atoms with Gasteiger partial charge in [0, 0.05) is 30.1 Å². The lowest BCUT2D eigenvalue weighted by molar-refractivity contribution is -0.126. The first-order chi connectivity index (χ1) is 13.0. The number of nitrogens with zero attached hydrogens (tertiary/aromatic N) is 1. The maximum Gasteiger partial charge on any atom is 0.223 e. The Labute approximate surface area is 163 Å². The van der Waals surface area contributed by atoms with Crippen molar-refractivity contribution in [3.63, 3.8) is 0 Å². The highest BCUT2D eigenvalue weighted by Crippen LogP contribution is 2.39. The van der Waals surface area contributed by atoms with E-state index in [0.29, 0.717) is 34.9 Å². The van der Waals surface area contributed by atoms with Crippen LogP contribution in [0.5, 0.6) is 11.5 Å². The van der Waals surface area contributed by atoms with Crippen molar-refractivity contribution < 1.29 is 19.1 Å². The molecule has 6 heteroatoms. The zero-order chi connectivity index (χ0) is 19.4. The van der Waals surface area contributed by atoms with E-state index in [-0.39, 0.29) is 11.7 Å². The van der Waals surface area contributed by atoms with Gasteiger partial charge in [0.15, 0.2) is 11.5 Å². The summed E-state index contributed by atoms with van der Waals surface area (Å²) in [6, 6.07) is 13.2. The second-order valence-electron chi connectivity index (χ2n) is 6.07.